The van der Waals surface area contributed by atoms with Crippen LogP contribution in [0.3, 0.4) is 0 Å². The first kappa shape index (κ1) is 25.3. The first-order valence-electron chi connectivity index (χ1n) is 12.0. The summed E-state index contributed by atoms with van der Waals surface area (Å²) in [5.74, 6) is 0.675. The molecule has 36 heavy (non-hydrogen) atoms. The molecule has 9 nitrogen and oxygen atoms in total. The van der Waals surface area contributed by atoms with Gasteiger partial charge >= 0.3 is 0 Å². The fourth-order valence-corrected chi connectivity index (χ4v) is 4.38. The molecule has 10 heteroatoms. The summed E-state index contributed by atoms with van der Waals surface area (Å²) in [7, 11) is 2.91. The molecule has 0 saturated carbocycles. The van der Waals surface area contributed by atoms with Gasteiger partial charge in [-0.3, -0.25) is 4.79 Å². The quantitative estimate of drug-likeness (QED) is 0.440. The third-order valence-corrected chi connectivity index (χ3v) is 6.10. The van der Waals surface area contributed by atoms with Crippen LogP contribution in [0, 0.1) is 5.82 Å². The number of ether oxygens (including phenoxy) is 1. The summed E-state index contributed by atoms with van der Waals surface area (Å²) in [5, 5.41) is 9.24. The van der Waals surface area contributed by atoms with Crippen LogP contribution in [0.4, 0.5) is 21.8 Å². The number of piperazine rings is 1. The van der Waals surface area contributed by atoms with E-state index in [1.165, 1.54) is 20.2 Å². The Bertz CT molecular complexity index is 1180. The maximum atomic E-state index is 14.7. The molecule has 0 radical (unpaired) electrons. The number of carbonyl (C=O) groups excluding carboxylic acids is 1. The van der Waals surface area contributed by atoms with Crippen molar-refractivity contribution in [1.29, 1.82) is 0 Å². The number of aromatic nitrogens is 3. The van der Waals surface area contributed by atoms with Crippen molar-refractivity contribution in [1.82, 2.24) is 25.6 Å². The van der Waals surface area contributed by atoms with Gasteiger partial charge in [-0.1, -0.05) is 0 Å². The zero-order valence-electron chi connectivity index (χ0n) is 21.0. The van der Waals surface area contributed by atoms with E-state index in [0.717, 1.165) is 30.2 Å². The van der Waals surface area contributed by atoms with E-state index in [2.05, 4.69) is 49.6 Å². The molecule has 0 spiro atoms. The van der Waals surface area contributed by atoms with Crippen molar-refractivity contribution in [3.05, 3.63) is 65.4 Å². The number of nitrogens with zero attached hydrogens (tertiary/aromatic N) is 4. The highest BCUT2D eigenvalue weighted by Crippen LogP contribution is 2.25. The topological polar surface area (TPSA) is 104 Å². The molecule has 1 fully saturated rings. The highest BCUT2D eigenvalue weighted by molar-refractivity contribution is 5.94. The fourth-order valence-electron chi connectivity index (χ4n) is 4.38. The Labute approximate surface area is 210 Å². The summed E-state index contributed by atoms with van der Waals surface area (Å²) in [4.78, 5) is 27.7. The van der Waals surface area contributed by atoms with Crippen LogP contribution in [-0.4, -0.2) is 60.2 Å². The first-order chi connectivity index (χ1) is 17.4. The summed E-state index contributed by atoms with van der Waals surface area (Å²) >= 11 is 0. The lowest BCUT2D eigenvalue weighted by atomic mass is 10.0. The van der Waals surface area contributed by atoms with Gasteiger partial charge < -0.3 is 25.6 Å². The largest absolute Gasteiger partial charge is 0.494 e. The van der Waals surface area contributed by atoms with Crippen LogP contribution in [0.15, 0.2) is 42.9 Å². The van der Waals surface area contributed by atoms with Crippen LogP contribution in [0.1, 0.15) is 35.3 Å². The second-order valence-corrected chi connectivity index (χ2v) is 9.05. The number of amides is 1. The molecule has 3 heterocycles. The number of anilines is 3. The molecular weight excluding hydrogens is 461 g/mol. The van der Waals surface area contributed by atoms with E-state index in [4.69, 9.17) is 4.74 Å². The summed E-state index contributed by atoms with van der Waals surface area (Å²) in [6.45, 7) is 6.19. The zero-order valence-corrected chi connectivity index (χ0v) is 21.0. The van der Waals surface area contributed by atoms with Gasteiger partial charge in [0.1, 0.15) is 5.82 Å². The molecular formula is C26H32FN7O2. The van der Waals surface area contributed by atoms with E-state index in [-0.39, 0.29) is 11.7 Å². The summed E-state index contributed by atoms with van der Waals surface area (Å²) in [6.07, 6.45) is 6.07. The molecule has 190 valence electrons. The Morgan fingerprint density at radius 2 is 1.83 bits per heavy atom. The van der Waals surface area contributed by atoms with Gasteiger partial charge in [0.05, 0.1) is 19.0 Å². The standard InChI is InChI=1S/C26H32FN7O2/c1-16-14-34(15-17(2)32-16)23-8-7-21(13-29-23)33-26-30-11-18(12-31-26)5-6-19-9-20(25(35)28-3)10-22(36-4)24(19)27/h7-13,16-17,32H,5-6,14-15H2,1-4H3,(H,28,35)(H,30,31,33)/t16-,17+. The van der Waals surface area contributed by atoms with Gasteiger partial charge in [-0.2, -0.15) is 0 Å². The second-order valence-electron chi connectivity index (χ2n) is 9.05. The lowest BCUT2D eigenvalue weighted by Gasteiger charge is -2.36. The van der Waals surface area contributed by atoms with E-state index in [0.29, 0.717) is 42.0 Å². The molecule has 4 rings (SSSR count). The van der Waals surface area contributed by atoms with E-state index >= 15 is 0 Å². The van der Waals surface area contributed by atoms with Crippen molar-refractivity contribution in [3.8, 4) is 5.75 Å². The van der Waals surface area contributed by atoms with Gasteiger partial charge in [0.25, 0.3) is 5.91 Å². The first-order valence-corrected chi connectivity index (χ1v) is 12.0. The number of nitrogens with one attached hydrogen (secondary N) is 3. The number of carbonyl (C=O) groups is 1. The summed E-state index contributed by atoms with van der Waals surface area (Å²) in [5.41, 5.74) is 2.39. The van der Waals surface area contributed by atoms with Crippen LogP contribution in [-0.2, 0) is 12.8 Å². The van der Waals surface area contributed by atoms with Gasteiger partial charge in [-0.05, 0) is 62.1 Å². The SMILES string of the molecule is CNC(=O)c1cc(CCc2cnc(Nc3ccc(N4C[C@@H](C)N[C@@H](C)C4)nc3)nc2)c(F)c(OC)c1. The van der Waals surface area contributed by atoms with Crippen LogP contribution in [0.2, 0.25) is 0 Å². The molecule has 1 amide bonds. The molecule has 0 unspecified atom stereocenters. The van der Waals surface area contributed by atoms with Crippen LogP contribution in [0.25, 0.3) is 0 Å². The predicted octanol–water partition coefficient (Wildman–Crippen LogP) is 3.09. The van der Waals surface area contributed by atoms with Gasteiger partial charge in [-0.25, -0.2) is 19.3 Å². The normalized spacial score (nSPS) is 17.5. The minimum atomic E-state index is -0.468. The molecule has 3 N–H and O–H groups in total. The van der Waals surface area contributed by atoms with Crippen molar-refractivity contribution in [2.45, 2.75) is 38.8 Å². The Kier molecular flexibility index (Phi) is 7.94. The average molecular weight is 494 g/mol. The number of pyridine rings is 1. The lowest BCUT2D eigenvalue weighted by molar-refractivity contribution is 0.0962. The predicted molar refractivity (Wildman–Crippen MR) is 138 cm³/mol. The smallest absolute Gasteiger partial charge is 0.251 e. The maximum absolute atomic E-state index is 14.7. The molecule has 1 aliphatic rings. The Morgan fingerprint density at radius 1 is 1.11 bits per heavy atom. The van der Waals surface area contributed by atoms with E-state index in [9.17, 15) is 9.18 Å². The third kappa shape index (κ3) is 6.06. The number of aryl methyl sites for hydroxylation is 2. The van der Waals surface area contributed by atoms with E-state index < -0.39 is 5.82 Å². The maximum Gasteiger partial charge on any atom is 0.251 e. The van der Waals surface area contributed by atoms with Crippen molar-refractivity contribution in [2.75, 3.05) is 37.5 Å². The number of hydrogen-bond acceptors (Lipinski definition) is 8. The van der Waals surface area contributed by atoms with Crippen LogP contribution >= 0.6 is 0 Å². The highest BCUT2D eigenvalue weighted by Gasteiger charge is 2.21. The zero-order chi connectivity index (χ0) is 25.7. The Morgan fingerprint density at radius 3 is 2.44 bits per heavy atom. The van der Waals surface area contributed by atoms with Crippen LogP contribution in [0.5, 0.6) is 5.75 Å². The number of hydrogen-bond donors (Lipinski definition) is 3. The Balaban J connectivity index is 1.37. The molecule has 1 saturated heterocycles. The van der Waals surface area contributed by atoms with Gasteiger partial charge in [0, 0.05) is 50.2 Å². The molecule has 2 aromatic heterocycles. The Hall–Kier alpha value is -3.79. The number of rotatable bonds is 8. The molecule has 1 aromatic carbocycles. The molecule has 1 aliphatic heterocycles. The number of halogens is 1. The van der Waals surface area contributed by atoms with Crippen molar-refractivity contribution >= 4 is 23.4 Å². The van der Waals surface area contributed by atoms with Crippen molar-refractivity contribution < 1.29 is 13.9 Å². The minimum absolute atomic E-state index is 0.0440. The molecule has 2 atom stereocenters. The van der Waals surface area contributed by atoms with E-state index in [1.54, 1.807) is 24.7 Å². The average Bonchev–Trinajstić information content (AvgIpc) is 2.88. The van der Waals surface area contributed by atoms with Gasteiger partial charge in [0.2, 0.25) is 5.95 Å². The highest BCUT2D eigenvalue weighted by atomic mass is 19.1. The number of benzene rings is 1. The van der Waals surface area contributed by atoms with E-state index in [1.807, 2.05) is 12.1 Å². The fraction of sp³-hybridized carbons (Fsp3) is 0.385. The van der Waals surface area contributed by atoms with Gasteiger partial charge in [0.15, 0.2) is 11.6 Å². The molecule has 0 aliphatic carbocycles. The second kappa shape index (κ2) is 11.3. The summed E-state index contributed by atoms with van der Waals surface area (Å²) < 4.78 is 19.8. The minimum Gasteiger partial charge on any atom is -0.494 e. The third-order valence-electron chi connectivity index (χ3n) is 6.10. The van der Waals surface area contributed by atoms with Crippen molar-refractivity contribution in [2.24, 2.45) is 0 Å². The monoisotopic (exact) mass is 493 g/mol. The van der Waals surface area contributed by atoms with Crippen LogP contribution < -0.4 is 25.6 Å². The van der Waals surface area contributed by atoms with Crippen molar-refractivity contribution in [3.63, 3.8) is 0 Å². The molecule has 0 bridgehead atoms. The summed E-state index contributed by atoms with van der Waals surface area (Å²) in [6, 6.07) is 7.74. The molecule has 3 aromatic rings. The number of methoxy groups -OCH3 is 1. The van der Waals surface area contributed by atoms with Gasteiger partial charge in [-0.15, -0.1) is 0 Å². The lowest BCUT2D eigenvalue weighted by Crippen LogP contribution is -2.54.